The number of nitrogens with one attached hydrogen (secondary N) is 2. The fourth-order valence-electron chi connectivity index (χ4n) is 3.46. The maximum absolute atomic E-state index is 6.40. The Bertz CT molecular complexity index is 822. The van der Waals surface area contributed by atoms with Crippen molar-refractivity contribution in [2.45, 2.75) is 25.4 Å². The van der Waals surface area contributed by atoms with Crippen molar-refractivity contribution in [2.75, 3.05) is 19.7 Å². The average Bonchev–Trinajstić information content (AvgIpc) is 3.40. The lowest BCUT2D eigenvalue weighted by Crippen LogP contribution is -2.25. The first-order valence-corrected chi connectivity index (χ1v) is 9.49. The van der Waals surface area contributed by atoms with E-state index < -0.39 is 0 Å². The van der Waals surface area contributed by atoms with Crippen molar-refractivity contribution >= 4 is 17.3 Å². The third-order valence-corrected chi connectivity index (χ3v) is 5.08. The molecule has 1 saturated carbocycles. The van der Waals surface area contributed by atoms with Crippen LogP contribution in [0.1, 0.15) is 30.9 Å². The molecule has 0 radical (unpaired) electrons. The molecule has 2 aliphatic rings. The van der Waals surface area contributed by atoms with E-state index in [-0.39, 0.29) is 5.60 Å². The van der Waals surface area contributed by atoms with Crippen LogP contribution in [-0.4, -0.2) is 19.7 Å². The van der Waals surface area contributed by atoms with Crippen LogP contribution < -0.4 is 15.5 Å². The highest BCUT2D eigenvalue weighted by Crippen LogP contribution is 2.61. The Hall–Kier alpha value is -2.01. The standard InChI is InChI=1S/C21H23ClN2O2/c1-2-23-11-6-12-25-24-20-17-13-16(22)9-10-19(17)26-21(14-18(20)21)15-7-4-3-5-8-15/h3-5,7-10,13,23-24H,2,6,11-12,14H2,1H3. The van der Waals surface area contributed by atoms with E-state index in [1.807, 2.05) is 36.4 Å². The molecule has 2 aromatic rings. The molecule has 1 aliphatic heterocycles. The summed E-state index contributed by atoms with van der Waals surface area (Å²) >= 11 is 6.22. The summed E-state index contributed by atoms with van der Waals surface area (Å²) in [6.45, 7) is 4.67. The van der Waals surface area contributed by atoms with Gasteiger partial charge >= 0.3 is 0 Å². The van der Waals surface area contributed by atoms with Gasteiger partial charge in [0.2, 0.25) is 0 Å². The van der Waals surface area contributed by atoms with Crippen molar-refractivity contribution in [3.8, 4) is 5.75 Å². The molecule has 1 unspecified atom stereocenters. The van der Waals surface area contributed by atoms with Gasteiger partial charge in [-0.2, -0.15) is 0 Å². The van der Waals surface area contributed by atoms with Gasteiger partial charge in [-0.15, -0.1) is 0 Å². The van der Waals surface area contributed by atoms with Crippen LogP contribution in [0.4, 0.5) is 0 Å². The molecule has 1 atom stereocenters. The minimum Gasteiger partial charge on any atom is -0.477 e. The average molecular weight is 371 g/mol. The summed E-state index contributed by atoms with van der Waals surface area (Å²) < 4.78 is 6.40. The Morgan fingerprint density at radius 1 is 1.19 bits per heavy atom. The van der Waals surface area contributed by atoms with Gasteiger partial charge in [-0.05, 0) is 37.7 Å². The molecule has 4 rings (SSSR count). The molecule has 1 fully saturated rings. The third-order valence-electron chi connectivity index (χ3n) is 4.85. The Labute approximate surface area is 159 Å². The van der Waals surface area contributed by atoms with E-state index in [9.17, 15) is 0 Å². The van der Waals surface area contributed by atoms with E-state index in [1.54, 1.807) is 0 Å². The highest BCUT2D eigenvalue weighted by atomic mass is 35.5. The lowest BCUT2D eigenvalue weighted by molar-refractivity contribution is 0.0746. The monoisotopic (exact) mass is 370 g/mol. The van der Waals surface area contributed by atoms with Crippen molar-refractivity contribution in [3.05, 3.63) is 70.3 Å². The first-order chi connectivity index (χ1) is 12.7. The molecule has 1 aliphatic carbocycles. The number of ether oxygens (including phenoxy) is 1. The maximum Gasteiger partial charge on any atom is 0.162 e. The molecule has 1 heterocycles. The second-order valence-electron chi connectivity index (χ2n) is 6.62. The molecule has 0 bridgehead atoms. The van der Waals surface area contributed by atoms with E-state index >= 15 is 0 Å². The summed E-state index contributed by atoms with van der Waals surface area (Å²) in [5, 5.41) is 3.98. The van der Waals surface area contributed by atoms with Gasteiger partial charge in [0.1, 0.15) is 5.75 Å². The predicted molar refractivity (Wildman–Crippen MR) is 104 cm³/mol. The van der Waals surface area contributed by atoms with E-state index in [0.717, 1.165) is 42.9 Å². The minimum absolute atomic E-state index is 0.377. The molecule has 0 amide bonds. The van der Waals surface area contributed by atoms with Gasteiger partial charge < -0.3 is 10.1 Å². The van der Waals surface area contributed by atoms with E-state index in [1.165, 1.54) is 11.1 Å². The molecule has 5 heteroatoms. The van der Waals surface area contributed by atoms with Gasteiger partial charge in [0.25, 0.3) is 0 Å². The smallest absolute Gasteiger partial charge is 0.162 e. The normalized spacial score (nSPS) is 20.2. The third kappa shape index (κ3) is 3.20. The highest BCUT2D eigenvalue weighted by molar-refractivity contribution is 6.30. The fraction of sp³-hybridized carbons (Fsp3) is 0.333. The summed E-state index contributed by atoms with van der Waals surface area (Å²) in [6.07, 6.45) is 1.80. The van der Waals surface area contributed by atoms with Crippen LogP contribution in [0, 0.1) is 0 Å². The van der Waals surface area contributed by atoms with Crippen LogP contribution in [0.15, 0.2) is 54.1 Å². The summed E-state index contributed by atoms with van der Waals surface area (Å²) in [4.78, 5) is 5.75. The number of benzene rings is 2. The maximum atomic E-state index is 6.40. The number of hydrogen-bond donors (Lipinski definition) is 2. The summed E-state index contributed by atoms with van der Waals surface area (Å²) in [5.41, 5.74) is 7.13. The number of rotatable bonds is 8. The van der Waals surface area contributed by atoms with Crippen LogP contribution >= 0.6 is 11.6 Å². The molecule has 136 valence electrons. The number of hydrogen-bond acceptors (Lipinski definition) is 4. The van der Waals surface area contributed by atoms with Crippen LogP contribution in [0.3, 0.4) is 0 Å². The van der Waals surface area contributed by atoms with Crippen molar-refractivity contribution in [3.63, 3.8) is 0 Å². The minimum atomic E-state index is -0.377. The zero-order valence-electron chi connectivity index (χ0n) is 14.8. The van der Waals surface area contributed by atoms with Gasteiger partial charge in [-0.3, -0.25) is 10.3 Å². The van der Waals surface area contributed by atoms with E-state index in [0.29, 0.717) is 11.6 Å². The van der Waals surface area contributed by atoms with Crippen LogP contribution in [0.2, 0.25) is 5.02 Å². The summed E-state index contributed by atoms with van der Waals surface area (Å²) in [7, 11) is 0. The quantitative estimate of drug-likeness (QED) is 0.538. The van der Waals surface area contributed by atoms with Gasteiger partial charge in [-0.1, -0.05) is 48.9 Å². The Balaban J connectivity index is 1.58. The second kappa shape index (κ2) is 7.31. The Morgan fingerprint density at radius 2 is 2.04 bits per heavy atom. The lowest BCUT2D eigenvalue weighted by Gasteiger charge is -2.26. The molecular formula is C21H23ClN2O2. The zero-order chi connectivity index (χ0) is 18.0. The van der Waals surface area contributed by atoms with Crippen LogP contribution in [0.5, 0.6) is 5.75 Å². The van der Waals surface area contributed by atoms with E-state index in [4.69, 9.17) is 21.2 Å². The molecular weight excluding hydrogens is 348 g/mol. The van der Waals surface area contributed by atoms with Crippen LogP contribution in [0.25, 0.3) is 5.70 Å². The number of halogens is 1. The molecule has 0 aromatic heterocycles. The first-order valence-electron chi connectivity index (χ1n) is 9.11. The number of hydroxylamine groups is 1. The SMILES string of the molecule is CCNCCCONC1=C2CC2(c2ccccc2)Oc2ccc(Cl)cc21. The lowest BCUT2D eigenvalue weighted by atomic mass is 10.0. The van der Waals surface area contributed by atoms with Crippen LogP contribution in [-0.2, 0) is 10.4 Å². The fourth-order valence-corrected chi connectivity index (χ4v) is 3.63. The Kier molecular flexibility index (Phi) is 4.90. The van der Waals surface area contributed by atoms with Gasteiger partial charge in [0, 0.05) is 28.1 Å². The molecule has 4 nitrogen and oxygen atoms in total. The Morgan fingerprint density at radius 3 is 2.85 bits per heavy atom. The summed E-state index contributed by atoms with van der Waals surface area (Å²) in [6, 6.07) is 16.1. The number of fused-ring (bicyclic) bond motifs is 2. The molecule has 2 N–H and O–H groups in total. The molecule has 0 saturated heterocycles. The molecule has 2 aromatic carbocycles. The topological polar surface area (TPSA) is 42.5 Å². The van der Waals surface area contributed by atoms with Crippen molar-refractivity contribution in [1.82, 2.24) is 10.8 Å². The zero-order valence-corrected chi connectivity index (χ0v) is 15.6. The molecule has 0 spiro atoms. The van der Waals surface area contributed by atoms with E-state index in [2.05, 4.69) is 29.9 Å². The van der Waals surface area contributed by atoms with Crippen molar-refractivity contribution < 1.29 is 9.57 Å². The van der Waals surface area contributed by atoms with Crippen molar-refractivity contribution in [2.24, 2.45) is 0 Å². The van der Waals surface area contributed by atoms with Gasteiger partial charge in [0.15, 0.2) is 5.60 Å². The molecule has 26 heavy (non-hydrogen) atoms. The van der Waals surface area contributed by atoms with Gasteiger partial charge in [0.05, 0.1) is 12.3 Å². The van der Waals surface area contributed by atoms with Gasteiger partial charge in [-0.25, -0.2) is 0 Å². The largest absolute Gasteiger partial charge is 0.477 e. The second-order valence-corrected chi connectivity index (χ2v) is 7.06. The highest BCUT2D eigenvalue weighted by Gasteiger charge is 2.58. The predicted octanol–water partition coefficient (Wildman–Crippen LogP) is 4.26. The summed E-state index contributed by atoms with van der Waals surface area (Å²) in [5.74, 6) is 0.832. The first kappa shape index (κ1) is 17.4. The van der Waals surface area contributed by atoms with Crippen molar-refractivity contribution in [1.29, 1.82) is 0 Å².